The fourth-order valence-corrected chi connectivity index (χ4v) is 4.53. The summed E-state index contributed by atoms with van der Waals surface area (Å²) < 4.78 is 31.8. The van der Waals surface area contributed by atoms with Crippen LogP contribution in [-0.2, 0) is 14.8 Å². The van der Waals surface area contributed by atoms with Gasteiger partial charge in [0.1, 0.15) is 18.9 Å². The summed E-state index contributed by atoms with van der Waals surface area (Å²) in [6, 6.07) is 11.6. The fraction of sp³-hybridized carbons (Fsp3) is 0.435. The molecule has 2 aromatic rings. The van der Waals surface area contributed by atoms with Gasteiger partial charge in [-0.05, 0) is 49.4 Å². The number of nitrogens with zero attached hydrogens (tertiary/aromatic N) is 1. The molecule has 0 atom stereocenters. The second-order valence-electron chi connectivity index (χ2n) is 7.91. The third kappa shape index (κ3) is 6.23. The molecule has 0 unspecified atom stereocenters. The Balaban J connectivity index is 2.02. The number of sulfonamides is 1. The minimum atomic E-state index is -3.62. The number of nitrogens with one attached hydrogen (secondary N) is 1. The Morgan fingerprint density at radius 1 is 1.10 bits per heavy atom. The lowest BCUT2D eigenvalue weighted by Crippen LogP contribution is -2.42. The van der Waals surface area contributed by atoms with Crippen molar-refractivity contribution in [3.05, 3.63) is 58.7 Å². The van der Waals surface area contributed by atoms with Crippen LogP contribution in [0.2, 0.25) is 0 Å². The van der Waals surface area contributed by atoms with Crippen molar-refractivity contribution in [2.75, 3.05) is 30.3 Å². The van der Waals surface area contributed by atoms with Gasteiger partial charge in [-0.2, -0.15) is 0 Å². The zero-order valence-corrected chi connectivity index (χ0v) is 19.5. The molecule has 0 spiro atoms. The first kappa shape index (κ1) is 23.7. The first-order valence-corrected chi connectivity index (χ1v) is 11.9. The zero-order valence-electron chi connectivity index (χ0n) is 18.7. The third-order valence-electron chi connectivity index (χ3n) is 4.80. The molecule has 0 bridgehead atoms. The largest absolute Gasteiger partial charge is 0.491 e. The first-order chi connectivity index (χ1) is 14.0. The molecule has 30 heavy (non-hydrogen) atoms. The summed E-state index contributed by atoms with van der Waals surface area (Å²) in [6.45, 7) is 10.2. The van der Waals surface area contributed by atoms with Crippen molar-refractivity contribution in [3.8, 4) is 5.75 Å². The smallest absolute Gasteiger partial charge is 0.240 e. The second kappa shape index (κ2) is 9.98. The lowest BCUT2D eigenvalue weighted by molar-refractivity contribution is -0.119. The monoisotopic (exact) mass is 432 g/mol. The van der Waals surface area contributed by atoms with Crippen LogP contribution in [0.15, 0.2) is 36.4 Å². The topological polar surface area (TPSA) is 75.7 Å². The number of carbonyl (C=O) groups excluding carboxylic acids is 1. The van der Waals surface area contributed by atoms with Gasteiger partial charge < -0.3 is 10.1 Å². The number of hydrogen-bond donors (Lipinski definition) is 1. The van der Waals surface area contributed by atoms with Gasteiger partial charge in [0.25, 0.3) is 0 Å². The molecule has 0 saturated heterocycles. The number of rotatable bonds is 9. The molecule has 7 heteroatoms. The van der Waals surface area contributed by atoms with Gasteiger partial charge >= 0.3 is 0 Å². The SMILES string of the molecule is Cc1cc(C)c(N(CC(=O)NCCOc2ccccc2C(C)C)S(C)(=O)=O)c(C)c1. The van der Waals surface area contributed by atoms with Crippen LogP contribution in [0.5, 0.6) is 5.75 Å². The normalized spacial score (nSPS) is 11.4. The van der Waals surface area contributed by atoms with Crippen LogP contribution in [0.25, 0.3) is 0 Å². The van der Waals surface area contributed by atoms with Gasteiger partial charge in [0, 0.05) is 0 Å². The first-order valence-electron chi connectivity index (χ1n) is 10.0. The Kier molecular flexibility index (Phi) is 7.89. The number of benzene rings is 2. The molecule has 0 fully saturated rings. The lowest BCUT2D eigenvalue weighted by Gasteiger charge is -2.26. The summed E-state index contributed by atoms with van der Waals surface area (Å²) in [4.78, 5) is 12.5. The summed E-state index contributed by atoms with van der Waals surface area (Å²) in [5, 5.41) is 2.75. The predicted molar refractivity (Wildman–Crippen MR) is 122 cm³/mol. The summed E-state index contributed by atoms with van der Waals surface area (Å²) in [5.41, 5.74) is 4.35. The van der Waals surface area contributed by atoms with E-state index < -0.39 is 10.0 Å². The summed E-state index contributed by atoms with van der Waals surface area (Å²) >= 11 is 0. The van der Waals surface area contributed by atoms with E-state index in [0.717, 1.165) is 34.3 Å². The molecule has 1 amide bonds. The minimum Gasteiger partial charge on any atom is -0.491 e. The molecule has 1 N–H and O–H groups in total. The van der Waals surface area contributed by atoms with E-state index in [1.807, 2.05) is 57.2 Å². The maximum Gasteiger partial charge on any atom is 0.240 e. The van der Waals surface area contributed by atoms with E-state index in [0.29, 0.717) is 18.2 Å². The third-order valence-corrected chi connectivity index (χ3v) is 5.91. The Hall–Kier alpha value is -2.54. The van der Waals surface area contributed by atoms with Crippen LogP contribution in [-0.4, -0.2) is 40.3 Å². The number of aryl methyl sites for hydroxylation is 3. The van der Waals surface area contributed by atoms with Gasteiger partial charge in [-0.15, -0.1) is 0 Å². The van der Waals surface area contributed by atoms with Crippen LogP contribution < -0.4 is 14.4 Å². The van der Waals surface area contributed by atoms with E-state index in [4.69, 9.17) is 4.74 Å². The van der Waals surface area contributed by atoms with Crippen LogP contribution in [0.4, 0.5) is 5.69 Å². The Morgan fingerprint density at radius 3 is 2.27 bits per heavy atom. The highest BCUT2D eigenvalue weighted by atomic mass is 32.2. The molecule has 0 saturated carbocycles. The summed E-state index contributed by atoms with van der Waals surface area (Å²) in [6.07, 6.45) is 1.12. The van der Waals surface area contributed by atoms with Gasteiger partial charge in [-0.25, -0.2) is 8.42 Å². The minimum absolute atomic E-state index is 0.272. The second-order valence-corrected chi connectivity index (χ2v) is 9.81. The Morgan fingerprint density at radius 2 is 1.70 bits per heavy atom. The molecule has 6 nitrogen and oxygen atoms in total. The molecule has 0 aromatic heterocycles. The van der Waals surface area contributed by atoms with E-state index in [2.05, 4.69) is 19.2 Å². The average Bonchev–Trinajstić information content (AvgIpc) is 2.63. The molecule has 0 aliphatic heterocycles. The highest BCUT2D eigenvalue weighted by Crippen LogP contribution is 2.28. The number of amides is 1. The maximum absolute atomic E-state index is 12.5. The van der Waals surface area contributed by atoms with Crippen molar-refractivity contribution in [1.82, 2.24) is 5.32 Å². The number of hydrogen-bond acceptors (Lipinski definition) is 4. The van der Waals surface area contributed by atoms with Gasteiger partial charge in [-0.1, -0.05) is 49.7 Å². The highest BCUT2D eigenvalue weighted by molar-refractivity contribution is 7.92. The van der Waals surface area contributed by atoms with Gasteiger partial charge in [-0.3, -0.25) is 9.10 Å². The van der Waals surface area contributed by atoms with E-state index in [9.17, 15) is 13.2 Å². The lowest BCUT2D eigenvalue weighted by atomic mass is 10.0. The van der Waals surface area contributed by atoms with Crippen LogP contribution in [0, 0.1) is 20.8 Å². The molecule has 2 aromatic carbocycles. The van der Waals surface area contributed by atoms with E-state index in [1.54, 1.807) is 0 Å². The number of ether oxygens (including phenoxy) is 1. The summed E-state index contributed by atoms with van der Waals surface area (Å²) in [5.74, 6) is 0.756. The van der Waals surface area contributed by atoms with E-state index in [1.165, 1.54) is 4.31 Å². The van der Waals surface area contributed by atoms with Crippen molar-refractivity contribution < 1.29 is 17.9 Å². The molecule has 0 heterocycles. The van der Waals surface area contributed by atoms with Crippen LogP contribution in [0.3, 0.4) is 0 Å². The summed E-state index contributed by atoms with van der Waals surface area (Å²) in [7, 11) is -3.62. The van der Waals surface area contributed by atoms with Gasteiger partial charge in [0.2, 0.25) is 15.9 Å². The van der Waals surface area contributed by atoms with Crippen LogP contribution >= 0.6 is 0 Å². The Bertz CT molecular complexity index is 977. The molecular weight excluding hydrogens is 400 g/mol. The molecular formula is C23H32N2O4S. The molecule has 0 aliphatic rings. The standard InChI is InChI=1S/C23H32N2O4S/c1-16(2)20-9-7-8-10-21(20)29-12-11-24-22(26)15-25(30(6,27)28)23-18(4)13-17(3)14-19(23)5/h7-10,13-14,16H,11-12,15H2,1-6H3,(H,24,26). The molecule has 0 radical (unpaired) electrons. The number of para-hydroxylation sites is 1. The van der Waals surface area contributed by atoms with Gasteiger partial charge in [0.05, 0.1) is 18.5 Å². The molecule has 0 aliphatic carbocycles. The zero-order chi connectivity index (χ0) is 22.5. The fourth-order valence-electron chi connectivity index (χ4n) is 3.55. The number of anilines is 1. The quantitative estimate of drug-likeness (QED) is 0.613. The molecule has 2 rings (SSSR count). The number of carbonyl (C=O) groups is 1. The van der Waals surface area contributed by atoms with Crippen molar-refractivity contribution in [3.63, 3.8) is 0 Å². The van der Waals surface area contributed by atoms with Crippen LogP contribution in [0.1, 0.15) is 42.0 Å². The van der Waals surface area contributed by atoms with E-state index in [-0.39, 0.29) is 19.0 Å². The van der Waals surface area contributed by atoms with E-state index >= 15 is 0 Å². The Labute approximate surface area is 180 Å². The highest BCUT2D eigenvalue weighted by Gasteiger charge is 2.24. The van der Waals surface area contributed by atoms with Crippen molar-refractivity contribution in [2.45, 2.75) is 40.5 Å². The average molecular weight is 433 g/mol. The van der Waals surface area contributed by atoms with Crippen molar-refractivity contribution in [2.24, 2.45) is 0 Å². The van der Waals surface area contributed by atoms with Crippen molar-refractivity contribution in [1.29, 1.82) is 0 Å². The maximum atomic E-state index is 12.5. The van der Waals surface area contributed by atoms with Crippen molar-refractivity contribution >= 4 is 21.6 Å². The molecule has 164 valence electrons. The predicted octanol–water partition coefficient (Wildman–Crippen LogP) is 3.70. The van der Waals surface area contributed by atoms with Gasteiger partial charge in [0.15, 0.2) is 0 Å².